The highest BCUT2D eigenvalue weighted by Crippen LogP contribution is 2.19. The highest BCUT2D eigenvalue weighted by molar-refractivity contribution is 5.94. The van der Waals surface area contributed by atoms with E-state index in [-0.39, 0.29) is 5.91 Å². The summed E-state index contributed by atoms with van der Waals surface area (Å²) >= 11 is 0. The lowest BCUT2D eigenvalue weighted by molar-refractivity contribution is 0.0185. The first kappa shape index (κ1) is 14.5. The van der Waals surface area contributed by atoms with Gasteiger partial charge in [-0.3, -0.25) is 9.69 Å². The van der Waals surface area contributed by atoms with Crippen LogP contribution in [-0.4, -0.2) is 61.1 Å². The predicted molar refractivity (Wildman–Crippen MR) is 81.0 cm³/mol. The molecule has 1 aromatic rings. The number of likely N-dealkylation sites (tertiary alicyclic amines) is 1. The second-order valence-corrected chi connectivity index (χ2v) is 5.75. The lowest BCUT2D eigenvalue weighted by Crippen LogP contribution is -2.45. The van der Waals surface area contributed by atoms with E-state index in [0.29, 0.717) is 12.6 Å². The molecule has 2 aliphatic heterocycles. The molecule has 2 N–H and O–H groups in total. The van der Waals surface area contributed by atoms with Crippen LogP contribution in [0.5, 0.6) is 0 Å². The van der Waals surface area contributed by atoms with E-state index in [2.05, 4.69) is 4.90 Å². The van der Waals surface area contributed by atoms with Crippen LogP contribution in [0.25, 0.3) is 0 Å². The second-order valence-electron chi connectivity index (χ2n) is 5.75. The van der Waals surface area contributed by atoms with E-state index in [0.717, 1.165) is 56.9 Å². The Balaban J connectivity index is 1.63. The summed E-state index contributed by atoms with van der Waals surface area (Å²) in [5.41, 5.74) is 7.40. The molecule has 5 heteroatoms. The molecule has 3 rings (SSSR count). The molecular formula is C16H23N3O2. The minimum absolute atomic E-state index is 0.126. The number of hydrogen-bond donors (Lipinski definition) is 1. The first-order valence-electron chi connectivity index (χ1n) is 7.68. The SMILES string of the molecule is NCc1cccc(C(=O)N2CCC(N3CCOCC3)C2)c1. The van der Waals surface area contributed by atoms with Crippen LogP contribution in [0.1, 0.15) is 22.3 Å². The summed E-state index contributed by atoms with van der Waals surface area (Å²) in [6.07, 6.45) is 1.06. The maximum Gasteiger partial charge on any atom is 0.253 e. The maximum atomic E-state index is 12.6. The summed E-state index contributed by atoms with van der Waals surface area (Å²) in [5, 5.41) is 0. The van der Waals surface area contributed by atoms with Crippen LogP contribution in [0.2, 0.25) is 0 Å². The van der Waals surface area contributed by atoms with Gasteiger partial charge in [0.25, 0.3) is 5.91 Å². The third-order valence-electron chi connectivity index (χ3n) is 4.42. The van der Waals surface area contributed by atoms with Gasteiger partial charge in [-0.05, 0) is 24.1 Å². The van der Waals surface area contributed by atoms with Crippen molar-refractivity contribution in [3.05, 3.63) is 35.4 Å². The molecule has 0 aromatic heterocycles. The van der Waals surface area contributed by atoms with Crippen molar-refractivity contribution < 1.29 is 9.53 Å². The maximum absolute atomic E-state index is 12.6. The molecule has 0 aliphatic carbocycles. The minimum atomic E-state index is 0.126. The Kier molecular flexibility index (Phi) is 4.53. The average Bonchev–Trinajstić information content (AvgIpc) is 3.05. The fraction of sp³-hybridized carbons (Fsp3) is 0.562. The van der Waals surface area contributed by atoms with Crippen LogP contribution in [0.15, 0.2) is 24.3 Å². The normalized spacial score (nSPS) is 23.5. The molecule has 0 saturated carbocycles. The molecule has 0 bridgehead atoms. The molecule has 5 nitrogen and oxygen atoms in total. The molecular weight excluding hydrogens is 266 g/mol. The predicted octanol–water partition coefficient (Wildman–Crippen LogP) is 0.692. The molecule has 1 atom stereocenters. The molecule has 1 unspecified atom stereocenters. The Morgan fingerprint density at radius 3 is 2.86 bits per heavy atom. The number of benzene rings is 1. The van der Waals surface area contributed by atoms with Crippen LogP contribution >= 0.6 is 0 Å². The fourth-order valence-corrected chi connectivity index (χ4v) is 3.18. The van der Waals surface area contributed by atoms with E-state index >= 15 is 0 Å². The first-order valence-corrected chi connectivity index (χ1v) is 7.68. The molecule has 2 heterocycles. The Morgan fingerprint density at radius 2 is 2.10 bits per heavy atom. The number of nitrogens with two attached hydrogens (primary N) is 1. The highest BCUT2D eigenvalue weighted by Gasteiger charge is 2.31. The number of hydrogen-bond acceptors (Lipinski definition) is 4. The number of rotatable bonds is 3. The third-order valence-corrected chi connectivity index (χ3v) is 4.42. The van der Waals surface area contributed by atoms with Gasteiger partial charge in [0.05, 0.1) is 13.2 Å². The Labute approximate surface area is 125 Å². The van der Waals surface area contributed by atoms with Gasteiger partial charge in [0.1, 0.15) is 0 Å². The zero-order valence-electron chi connectivity index (χ0n) is 12.3. The molecule has 21 heavy (non-hydrogen) atoms. The Morgan fingerprint density at radius 1 is 1.29 bits per heavy atom. The van der Waals surface area contributed by atoms with Gasteiger partial charge in [-0.25, -0.2) is 0 Å². The van der Waals surface area contributed by atoms with Gasteiger partial charge in [-0.15, -0.1) is 0 Å². The lowest BCUT2D eigenvalue weighted by atomic mass is 10.1. The van der Waals surface area contributed by atoms with Crippen molar-refractivity contribution in [3.63, 3.8) is 0 Å². The van der Waals surface area contributed by atoms with Gasteiger partial charge < -0.3 is 15.4 Å². The first-order chi connectivity index (χ1) is 10.3. The van der Waals surface area contributed by atoms with E-state index in [1.165, 1.54) is 0 Å². The van der Waals surface area contributed by atoms with Crippen molar-refractivity contribution in [2.45, 2.75) is 19.0 Å². The summed E-state index contributed by atoms with van der Waals surface area (Å²) in [6.45, 7) is 5.72. The van der Waals surface area contributed by atoms with Gasteiger partial charge in [0.2, 0.25) is 0 Å². The lowest BCUT2D eigenvalue weighted by Gasteiger charge is -2.32. The summed E-state index contributed by atoms with van der Waals surface area (Å²) in [5.74, 6) is 0.126. The van der Waals surface area contributed by atoms with E-state index in [1.54, 1.807) is 0 Å². The van der Waals surface area contributed by atoms with Crippen molar-refractivity contribution >= 4 is 5.91 Å². The van der Waals surface area contributed by atoms with E-state index in [1.807, 2.05) is 29.2 Å². The average molecular weight is 289 g/mol. The second kappa shape index (κ2) is 6.56. The number of carbonyl (C=O) groups excluding carboxylic acids is 1. The molecule has 2 fully saturated rings. The van der Waals surface area contributed by atoms with Crippen molar-refractivity contribution in [2.24, 2.45) is 5.73 Å². The van der Waals surface area contributed by atoms with Gasteiger partial charge in [-0.2, -0.15) is 0 Å². The van der Waals surface area contributed by atoms with Gasteiger partial charge >= 0.3 is 0 Å². The molecule has 1 amide bonds. The number of carbonyl (C=O) groups is 1. The summed E-state index contributed by atoms with van der Waals surface area (Å²) in [7, 11) is 0. The number of amides is 1. The van der Waals surface area contributed by atoms with E-state index in [4.69, 9.17) is 10.5 Å². The van der Waals surface area contributed by atoms with Crippen LogP contribution in [0.3, 0.4) is 0 Å². The minimum Gasteiger partial charge on any atom is -0.379 e. The van der Waals surface area contributed by atoms with Crippen LogP contribution in [0.4, 0.5) is 0 Å². The van der Waals surface area contributed by atoms with Gasteiger partial charge in [-0.1, -0.05) is 12.1 Å². The van der Waals surface area contributed by atoms with Crippen molar-refractivity contribution in [2.75, 3.05) is 39.4 Å². The topological polar surface area (TPSA) is 58.8 Å². The van der Waals surface area contributed by atoms with Crippen LogP contribution < -0.4 is 5.73 Å². The standard InChI is InChI=1S/C16H23N3O2/c17-11-13-2-1-3-14(10-13)16(20)19-5-4-15(12-19)18-6-8-21-9-7-18/h1-3,10,15H,4-9,11-12,17H2. The number of ether oxygens (including phenoxy) is 1. The molecule has 0 spiro atoms. The van der Waals surface area contributed by atoms with Crippen LogP contribution in [-0.2, 0) is 11.3 Å². The molecule has 1 aromatic carbocycles. The molecule has 0 radical (unpaired) electrons. The highest BCUT2D eigenvalue weighted by atomic mass is 16.5. The molecule has 114 valence electrons. The summed E-state index contributed by atoms with van der Waals surface area (Å²) in [4.78, 5) is 17.0. The molecule has 2 aliphatic rings. The van der Waals surface area contributed by atoms with E-state index in [9.17, 15) is 4.79 Å². The number of morpholine rings is 1. The third kappa shape index (κ3) is 3.26. The molecule has 2 saturated heterocycles. The van der Waals surface area contributed by atoms with Gasteiger partial charge in [0, 0.05) is 44.3 Å². The van der Waals surface area contributed by atoms with E-state index < -0.39 is 0 Å². The Bertz CT molecular complexity index is 500. The van der Waals surface area contributed by atoms with Crippen molar-refractivity contribution in [3.8, 4) is 0 Å². The smallest absolute Gasteiger partial charge is 0.253 e. The van der Waals surface area contributed by atoms with Gasteiger partial charge in [0.15, 0.2) is 0 Å². The summed E-state index contributed by atoms with van der Waals surface area (Å²) in [6, 6.07) is 8.13. The van der Waals surface area contributed by atoms with Crippen LogP contribution in [0, 0.1) is 0 Å². The summed E-state index contributed by atoms with van der Waals surface area (Å²) < 4.78 is 5.39. The zero-order valence-corrected chi connectivity index (χ0v) is 12.3. The quantitative estimate of drug-likeness (QED) is 0.889. The zero-order chi connectivity index (χ0) is 14.7. The van der Waals surface area contributed by atoms with Crippen molar-refractivity contribution in [1.82, 2.24) is 9.80 Å². The number of nitrogens with zero attached hydrogens (tertiary/aromatic N) is 2. The Hall–Kier alpha value is -1.43. The fourth-order valence-electron chi connectivity index (χ4n) is 3.18. The largest absolute Gasteiger partial charge is 0.379 e. The monoisotopic (exact) mass is 289 g/mol. The van der Waals surface area contributed by atoms with Crippen molar-refractivity contribution in [1.29, 1.82) is 0 Å².